The molecule has 0 aliphatic rings. The van der Waals surface area contributed by atoms with Crippen LogP contribution in [0.3, 0.4) is 0 Å². The molecule has 0 fully saturated rings. The topological polar surface area (TPSA) is 55.6 Å². The summed E-state index contributed by atoms with van der Waals surface area (Å²) < 4.78 is 1.83. The third-order valence-electron chi connectivity index (χ3n) is 2.15. The first kappa shape index (κ1) is 13.2. The van der Waals surface area contributed by atoms with E-state index >= 15 is 0 Å². The van der Waals surface area contributed by atoms with Crippen LogP contribution in [0, 0.1) is 0 Å². The molecule has 0 bridgehead atoms. The number of aromatic nitrogens is 4. The number of nitrogens with one attached hydrogen (secondary N) is 1. The lowest BCUT2D eigenvalue weighted by Gasteiger charge is -2.05. The molecule has 1 rings (SSSR count). The Kier molecular flexibility index (Phi) is 6.10. The average Bonchev–Trinajstić information content (AvgIpc) is 2.74. The molecule has 0 radical (unpaired) electrons. The van der Waals surface area contributed by atoms with Crippen molar-refractivity contribution in [1.82, 2.24) is 25.5 Å². The highest BCUT2D eigenvalue weighted by Crippen LogP contribution is 2.17. The quantitative estimate of drug-likeness (QED) is 0.423. The predicted molar refractivity (Wildman–Crippen MR) is 66.5 cm³/mol. The third-order valence-corrected chi connectivity index (χ3v) is 3.26. The Morgan fingerprint density at radius 3 is 3.00 bits per heavy atom. The van der Waals surface area contributed by atoms with Gasteiger partial charge in [0.05, 0.1) is 6.54 Å². The summed E-state index contributed by atoms with van der Waals surface area (Å²) in [6.07, 6.45) is 1.01. The number of hydrogen-bond acceptors (Lipinski definition) is 5. The van der Waals surface area contributed by atoms with Crippen LogP contribution >= 0.6 is 11.8 Å². The maximum atomic E-state index is 4.00. The van der Waals surface area contributed by atoms with E-state index in [1.54, 1.807) is 11.8 Å². The van der Waals surface area contributed by atoms with Crippen molar-refractivity contribution in [3.8, 4) is 0 Å². The molecule has 1 aromatic rings. The first-order valence-electron chi connectivity index (χ1n) is 5.54. The second-order valence-electron chi connectivity index (χ2n) is 3.43. The van der Waals surface area contributed by atoms with Gasteiger partial charge in [-0.15, -0.1) is 5.10 Å². The number of rotatable bonds is 8. The van der Waals surface area contributed by atoms with Crippen molar-refractivity contribution in [3.05, 3.63) is 12.2 Å². The molecule has 0 amide bonds. The zero-order chi connectivity index (χ0) is 11.8. The molecule has 5 nitrogen and oxygen atoms in total. The Balaban J connectivity index is 2.40. The zero-order valence-corrected chi connectivity index (χ0v) is 10.8. The number of likely N-dealkylation sites (N-methyl/N-ethyl adjacent to an activating group) is 1. The molecule has 0 unspecified atom stereocenters. The monoisotopic (exact) mass is 241 g/mol. The van der Waals surface area contributed by atoms with E-state index in [4.69, 9.17) is 0 Å². The van der Waals surface area contributed by atoms with Crippen LogP contribution in [0.5, 0.6) is 0 Å². The van der Waals surface area contributed by atoms with Gasteiger partial charge < -0.3 is 5.32 Å². The van der Waals surface area contributed by atoms with Gasteiger partial charge in [-0.3, -0.25) is 0 Å². The van der Waals surface area contributed by atoms with Gasteiger partial charge in [-0.2, -0.15) is 0 Å². The van der Waals surface area contributed by atoms with Crippen LogP contribution in [0.4, 0.5) is 0 Å². The number of nitrogens with zero attached hydrogens (tertiary/aromatic N) is 4. The fourth-order valence-electron chi connectivity index (χ4n) is 1.07. The van der Waals surface area contributed by atoms with Crippen molar-refractivity contribution in [1.29, 1.82) is 0 Å². The average molecular weight is 241 g/mol. The van der Waals surface area contributed by atoms with E-state index < -0.39 is 0 Å². The summed E-state index contributed by atoms with van der Waals surface area (Å²) in [5.74, 6) is 0.887. The highest BCUT2D eigenvalue weighted by Gasteiger charge is 2.06. The maximum absolute atomic E-state index is 4.00. The molecule has 1 heterocycles. The van der Waals surface area contributed by atoms with Crippen LogP contribution in [-0.2, 0) is 6.54 Å². The normalized spacial score (nSPS) is 10.6. The van der Waals surface area contributed by atoms with Crippen molar-refractivity contribution < 1.29 is 0 Å². The number of hydrogen-bond donors (Lipinski definition) is 1. The Morgan fingerprint density at radius 2 is 2.31 bits per heavy atom. The van der Waals surface area contributed by atoms with Crippen LogP contribution in [0.15, 0.2) is 17.3 Å². The Bertz CT molecular complexity index is 323. The van der Waals surface area contributed by atoms with E-state index in [9.17, 15) is 0 Å². The van der Waals surface area contributed by atoms with E-state index in [0.29, 0.717) is 0 Å². The molecule has 16 heavy (non-hydrogen) atoms. The summed E-state index contributed by atoms with van der Waals surface area (Å²) in [5, 5.41) is 15.8. The van der Waals surface area contributed by atoms with Crippen molar-refractivity contribution in [2.75, 3.05) is 18.8 Å². The lowest BCUT2D eigenvalue weighted by molar-refractivity contribution is 0.518. The van der Waals surface area contributed by atoms with Gasteiger partial charge in [-0.1, -0.05) is 37.8 Å². The number of tetrazole rings is 1. The van der Waals surface area contributed by atoms with Gasteiger partial charge in [0, 0.05) is 12.3 Å². The van der Waals surface area contributed by atoms with E-state index in [-0.39, 0.29) is 0 Å². The van der Waals surface area contributed by atoms with Gasteiger partial charge in [0.1, 0.15) is 0 Å². The van der Waals surface area contributed by atoms with Gasteiger partial charge in [0.15, 0.2) is 0 Å². The first-order valence-corrected chi connectivity index (χ1v) is 6.52. The largest absolute Gasteiger partial charge is 0.315 e. The van der Waals surface area contributed by atoms with Crippen molar-refractivity contribution in [2.45, 2.75) is 32.0 Å². The Hall–Kier alpha value is -0.880. The molecule has 0 saturated heterocycles. The van der Waals surface area contributed by atoms with Crippen LogP contribution < -0.4 is 5.32 Å². The van der Waals surface area contributed by atoms with Gasteiger partial charge in [0.2, 0.25) is 5.16 Å². The molecule has 0 aromatic carbocycles. The summed E-state index contributed by atoms with van der Waals surface area (Å²) in [6.45, 7) is 10.8. The predicted octanol–water partition coefficient (Wildman–Crippen LogP) is 1.34. The van der Waals surface area contributed by atoms with Crippen LogP contribution in [0.2, 0.25) is 0 Å². The highest BCUT2D eigenvalue weighted by atomic mass is 32.2. The zero-order valence-electron chi connectivity index (χ0n) is 9.94. The number of thioether (sulfide) groups is 1. The Morgan fingerprint density at radius 1 is 1.50 bits per heavy atom. The van der Waals surface area contributed by atoms with Crippen molar-refractivity contribution >= 4 is 11.8 Å². The molecule has 0 spiro atoms. The first-order chi connectivity index (χ1) is 7.77. The van der Waals surface area contributed by atoms with Crippen LogP contribution in [0.25, 0.3) is 0 Å². The minimum atomic E-state index is 0.807. The van der Waals surface area contributed by atoms with Gasteiger partial charge in [0.25, 0.3) is 0 Å². The molecule has 1 aromatic heterocycles. The fraction of sp³-hybridized carbons (Fsp3) is 0.700. The molecular formula is C10H19N5S. The SMILES string of the molecule is C=C(CC)CSc1nnnn1CCNCC. The second-order valence-corrected chi connectivity index (χ2v) is 4.37. The van der Waals surface area contributed by atoms with E-state index in [0.717, 1.165) is 37.0 Å². The van der Waals surface area contributed by atoms with Gasteiger partial charge in [-0.05, 0) is 23.4 Å². The summed E-state index contributed by atoms with van der Waals surface area (Å²) in [6, 6.07) is 0. The van der Waals surface area contributed by atoms with E-state index in [1.165, 1.54) is 5.57 Å². The highest BCUT2D eigenvalue weighted by molar-refractivity contribution is 7.99. The molecule has 0 atom stereocenters. The molecule has 0 saturated carbocycles. The molecule has 0 aliphatic heterocycles. The smallest absolute Gasteiger partial charge is 0.209 e. The van der Waals surface area contributed by atoms with Crippen molar-refractivity contribution in [3.63, 3.8) is 0 Å². The lowest BCUT2D eigenvalue weighted by Crippen LogP contribution is -2.20. The minimum Gasteiger partial charge on any atom is -0.315 e. The summed E-state index contributed by atoms with van der Waals surface area (Å²) in [4.78, 5) is 0. The minimum absolute atomic E-state index is 0.807. The maximum Gasteiger partial charge on any atom is 0.209 e. The van der Waals surface area contributed by atoms with Crippen molar-refractivity contribution in [2.24, 2.45) is 0 Å². The lowest BCUT2D eigenvalue weighted by atomic mass is 10.3. The molecule has 90 valence electrons. The molecule has 1 N–H and O–H groups in total. The standard InChI is InChI=1S/C10H19N5S/c1-4-9(3)8-16-10-12-13-14-15(10)7-6-11-5-2/h11H,3-8H2,1-2H3. The molecule has 6 heteroatoms. The molecule has 0 aliphatic carbocycles. The van der Waals surface area contributed by atoms with E-state index in [1.807, 2.05) is 4.68 Å². The fourth-order valence-corrected chi connectivity index (χ4v) is 1.98. The molecular weight excluding hydrogens is 222 g/mol. The van der Waals surface area contributed by atoms with Gasteiger partial charge in [-0.25, -0.2) is 4.68 Å². The van der Waals surface area contributed by atoms with Crippen LogP contribution in [-0.4, -0.2) is 39.0 Å². The summed E-state index contributed by atoms with van der Waals surface area (Å²) in [7, 11) is 0. The second kappa shape index (κ2) is 7.40. The van der Waals surface area contributed by atoms with E-state index in [2.05, 4.69) is 41.3 Å². The van der Waals surface area contributed by atoms with Gasteiger partial charge >= 0.3 is 0 Å². The summed E-state index contributed by atoms with van der Waals surface area (Å²) >= 11 is 1.64. The third kappa shape index (κ3) is 4.32. The summed E-state index contributed by atoms with van der Waals surface area (Å²) in [5.41, 5.74) is 1.21. The Labute approximate surface area is 101 Å². The van der Waals surface area contributed by atoms with Crippen LogP contribution in [0.1, 0.15) is 20.3 Å².